The summed E-state index contributed by atoms with van der Waals surface area (Å²) >= 11 is 0. The van der Waals surface area contributed by atoms with Gasteiger partial charge in [-0.15, -0.1) is 0 Å². The number of carbonyl (C=O) groups excluding carboxylic acids is 1. The maximum Gasteiger partial charge on any atom is 0.416 e. The van der Waals surface area contributed by atoms with Crippen molar-refractivity contribution in [1.29, 1.82) is 0 Å². The van der Waals surface area contributed by atoms with E-state index in [4.69, 9.17) is 4.74 Å². The second-order valence-electron chi connectivity index (χ2n) is 7.05. The van der Waals surface area contributed by atoms with Crippen LogP contribution in [0.25, 0.3) is 0 Å². The Balaban J connectivity index is 1.80. The fraction of sp³-hybridized carbons (Fsp3) is 0.261. The monoisotopic (exact) mass is 434 g/mol. The molecule has 0 saturated heterocycles. The van der Waals surface area contributed by atoms with E-state index in [0.29, 0.717) is 24.3 Å². The highest BCUT2D eigenvalue weighted by molar-refractivity contribution is 5.94. The van der Waals surface area contributed by atoms with E-state index < -0.39 is 17.6 Å². The van der Waals surface area contributed by atoms with Gasteiger partial charge in [0.25, 0.3) is 5.91 Å². The van der Waals surface area contributed by atoms with Gasteiger partial charge in [0, 0.05) is 37.7 Å². The Morgan fingerprint density at radius 2 is 1.81 bits per heavy atom. The fourth-order valence-electron chi connectivity index (χ4n) is 3.21. The molecular weight excluding hydrogens is 412 g/mol. The molecule has 31 heavy (non-hydrogen) atoms. The van der Waals surface area contributed by atoms with Gasteiger partial charge < -0.3 is 14.2 Å². The number of methoxy groups -OCH3 is 1. The molecule has 0 saturated carbocycles. The van der Waals surface area contributed by atoms with Gasteiger partial charge in [-0.1, -0.05) is 12.1 Å². The number of hydrogen-bond acceptors (Lipinski definition) is 2. The average molecular weight is 434 g/mol. The van der Waals surface area contributed by atoms with Gasteiger partial charge in [0.15, 0.2) is 0 Å². The molecule has 1 aromatic heterocycles. The van der Waals surface area contributed by atoms with Crippen molar-refractivity contribution >= 4 is 5.91 Å². The van der Waals surface area contributed by atoms with Gasteiger partial charge in [-0.3, -0.25) is 4.79 Å². The van der Waals surface area contributed by atoms with Gasteiger partial charge in [0.05, 0.1) is 18.7 Å². The molecule has 0 aliphatic carbocycles. The smallest absolute Gasteiger partial charge is 0.383 e. The Labute approximate surface area is 177 Å². The Morgan fingerprint density at radius 3 is 2.48 bits per heavy atom. The molecule has 8 heteroatoms. The molecule has 0 unspecified atom stereocenters. The highest BCUT2D eigenvalue weighted by Crippen LogP contribution is 2.29. The lowest BCUT2D eigenvalue weighted by Gasteiger charge is -2.23. The summed E-state index contributed by atoms with van der Waals surface area (Å²) < 4.78 is 59.1. The molecule has 0 aliphatic rings. The van der Waals surface area contributed by atoms with Gasteiger partial charge >= 0.3 is 6.18 Å². The third-order valence-corrected chi connectivity index (χ3v) is 4.83. The molecule has 3 aromatic rings. The normalized spacial score (nSPS) is 11.5. The Bertz CT molecular complexity index is 1010. The molecule has 3 rings (SSSR count). The number of alkyl halides is 3. The minimum Gasteiger partial charge on any atom is -0.383 e. The van der Waals surface area contributed by atoms with E-state index in [1.165, 1.54) is 37.4 Å². The number of amides is 1. The lowest BCUT2D eigenvalue weighted by molar-refractivity contribution is -0.137. The first-order chi connectivity index (χ1) is 14.8. The first-order valence-electron chi connectivity index (χ1n) is 9.62. The van der Waals surface area contributed by atoms with Gasteiger partial charge in [0.1, 0.15) is 5.82 Å². The van der Waals surface area contributed by atoms with Gasteiger partial charge in [-0.25, -0.2) is 4.39 Å². The summed E-state index contributed by atoms with van der Waals surface area (Å²) in [6.07, 6.45) is -2.65. The number of rotatable bonds is 8. The summed E-state index contributed by atoms with van der Waals surface area (Å²) in [6, 6.07) is 14.0. The van der Waals surface area contributed by atoms with Crippen LogP contribution in [-0.4, -0.2) is 35.6 Å². The molecule has 4 nitrogen and oxygen atoms in total. The van der Waals surface area contributed by atoms with Crippen molar-refractivity contribution in [3.8, 4) is 0 Å². The lowest BCUT2D eigenvalue weighted by Crippen LogP contribution is -2.34. The van der Waals surface area contributed by atoms with E-state index in [-0.39, 0.29) is 19.0 Å². The number of nitrogens with zero attached hydrogens (tertiary/aromatic N) is 2. The van der Waals surface area contributed by atoms with E-state index in [0.717, 1.165) is 17.8 Å². The molecule has 2 aromatic carbocycles. The fourth-order valence-corrected chi connectivity index (χ4v) is 3.21. The van der Waals surface area contributed by atoms with Crippen molar-refractivity contribution in [3.05, 3.63) is 95.1 Å². The number of hydrogen-bond donors (Lipinski definition) is 0. The lowest BCUT2D eigenvalue weighted by atomic mass is 10.1. The SMILES string of the molecule is COCCN(Cc1cccn1Cc1cccc(C(F)(F)F)c1)C(=O)c1ccc(F)cc1. The third-order valence-electron chi connectivity index (χ3n) is 4.83. The number of halogens is 4. The van der Waals surface area contributed by atoms with E-state index in [2.05, 4.69) is 0 Å². The molecule has 0 atom stereocenters. The molecule has 164 valence electrons. The predicted octanol–water partition coefficient (Wildman–Crippen LogP) is 4.98. The second-order valence-corrected chi connectivity index (χ2v) is 7.05. The summed E-state index contributed by atoms with van der Waals surface area (Å²) in [5.41, 5.74) is 0.893. The van der Waals surface area contributed by atoms with Crippen LogP contribution in [0.2, 0.25) is 0 Å². The average Bonchev–Trinajstić information content (AvgIpc) is 3.17. The Hall–Kier alpha value is -3.13. The van der Waals surface area contributed by atoms with Crippen molar-refractivity contribution < 1.29 is 27.1 Å². The van der Waals surface area contributed by atoms with Crippen LogP contribution in [-0.2, 0) is 24.0 Å². The third kappa shape index (κ3) is 5.95. The van der Waals surface area contributed by atoms with Crippen molar-refractivity contribution in [3.63, 3.8) is 0 Å². The summed E-state index contributed by atoms with van der Waals surface area (Å²) in [6.45, 7) is 1.07. The highest BCUT2D eigenvalue weighted by Gasteiger charge is 2.30. The van der Waals surface area contributed by atoms with Crippen molar-refractivity contribution in [1.82, 2.24) is 9.47 Å². The molecular formula is C23H22F4N2O2. The second kappa shape index (κ2) is 9.78. The van der Waals surface area contributed by atoms with Crippen LogP contribution in [0.1, 0.15) is 27.2 Å². The first kappa shape index (κ1) is 22.6. The number of benzene rings is 2. The van der Waals surface area contributed by atoms with Crippen molar-refractivity contribution in [2.45, 2.75) is 19.3 Å². The number of carbonyl (C=O) groups is 1. The molecule has 0 aliphatic heterocycles. The zero-order chi connectivity index (χ0) is 22.4. The maximum atomic E-state index is 13.2. The van der Waals surface area contributed by atoms with Crippen LogP contribution in [0, 0.1) is 5.82 Å². The van der Waals surface area contributed by atoms with E-state index in [9.17, 15) is 22.4 Å². The first-order valence-corrected chi connectivity index (χ1v) is 9.62. The van der Waals surface area contributed by atoms with Crippen LogP contribution in [0.4, 0.5) is 17.6 Å². The predicted molar refractivity (Wildman–Crippen MR) is 108 cm³/mol. The van der Waals surface area contributed by atoms with E-state index >= 15 is 0 Å². The molecule has 0 fully saturated rings. The largest absolute Gasteiger partial charge is 0.416 e. The zero-order valence-electron chi connectivity index (χ0n) is 16.9. The zero-order valence-corrected chi connectivity index (χ0v) is 16.9. The van der Waals surface area contributed by atoms with Gasteiger partial charge in [0.2, 0.25) is 0 Å². The highest BCUT2D eigenvalue weighted by atomic mass is 19.4. The molecule has 0 spiro atoms. The van der Waals surface area contributed by atoms with Crippen LogP contribution in [0.15, 0.2) is 66.9 Å². The van der Waals surface area contributed by atoms with Crippen molar-refractivity contribution in [2.24, 2.45) is 0 Å². The standard InChI is InChI=1S/C23H22F4N2O2/c1-31-13-12-29(22(30)18-7-9-20(24)10-8-18)16-21-6-3-11-28(21)15-17-4-2-5-19(14-17)23(25,26)27/h2-11,14H,12-13,15-16H2,1H3. The number of ether oxygens (including phenoxy) is 1. The van der Waals surface area contributed by atoms with Crippen LogP contribution < -0.4 is 0 Å². The summed E-state index contributed by atoms with van der Waals surface area (Å²) in [4.78, 5) is 14.5. The minimum absolute atomic E-state index is 0.228. The van der Waals surface area contributed by atoms with E-state index in [1.807, 2.05) is 6.07 Å². The number of aromatic nitrogens is 1. The quantitative estimate of drug-likeness (QED) is 0.469. The van der Waals surface area contributed by atoms with Crippen LogP contribution in [0.3, 0.4) is 0 Å². The van der Waals surface area contributed by atoms with Gasteiger partial charge in [-0.2, -0.15) is 13.2 Å². The summed E-state index contributed by atoms with van der Waals surface area (Å²) in [5.74, 6) is -0.723. The molecule has 0 N–H and O–H groups in total. The maximum absolute atomic E-state index is 13.2. The van der Waals surface area contributed by atoms with Crippen LogP contribution in [0.5, 0.6) is 0 Å². The van der Waals surface area contributed by atoms with Crippen molar-refractivity contribution in [2.75, 3.05) is 20.3 Å². The molecule has 1 heterocycles. The molecule has 0 radical (unpaired) electrons. The molecule has 1 amide bonds. The van der Waals surface area contributed by atoms with Gasteiger partial charge in [-0.05, 0) is 54.1 Å². The Morgan fingerprint density at radius 1 is 1.06 bits per heavy atom. The van der Waals surface area contributed by atoms with E-state index in [1.54, 1.807) is 27.8 Å². The topological polar surface area (TPSA) is 34.5 Å². The summed E-state index contributed by atoms with van der Waals surface area (Å²) in [7, 11) is 1.52. The summed E-state index contributed by atoms with van der Waals surface area (Å²) in [5, 5.41) is 0. The molecule has 0 bridgehead atoms. The Kier molecular flexibility index (Phi) is 7.12. The minimum atomic E-state index is -4.41. The van der Waals surface area contributed by atoms with Crippen LogP contribution >= 0.6 is 0 Å².